The molecule has 0 atom stereocenters. The lowest BCUT2D eigenvalue weighted by molar-refractivity contribution is 0.0928. The number of amides is 1. The molecular weight excluding hydrogens is 384 g/mol. The number of carbonyl (C=O) groups excluding carboxylic acids is 2. The summed E-state index contributed by atoms with van der Waals surface area (Å²) in [5.41, 5.74) is 8.21. The summed E-state index contributed by atoms with van der Waals surface area (Å²) >= 11 is 0. The van der Waals surface area contributed by atoms with Gasteiger partial charge in [0.2, 0.25) is 11.8 Å². The van der Waals surface area contributed by atoms with Gasteiger partial charge in [0.05, 0.1) is 13.7 Å². The average Bonchev–Trinajstić information content (AvgIpc) is 2.74. The number of ether oxygens (including phenoxy) is 3. The first-order valence-corrected chi connectivity index (χ1v) is 9.43. The third kappa shape index (κ3) is 4.10. The Bertz CT molecular complexity index is 1090. The zero-order valence-electron chi connectivity index (χ0n) is 16.4. The van der Waals surface area contributed by atoms with Crippen LogP contribution in [0.25, 0.3) is 0 Å². The number of fused-ring (bicyclic) bond motifs is 1. The van der Waals surface area contributed by atoms with Gasteiger partial charge in [0, 0.05) is 36.4 Å². The van der Waals surface area contributed by atoms with Gasteiger partial charge >= 0.3 is 0 Å². The van der Waals surface area contributed by atoms with Crippen LogP contribution >= 0.6 is 0 Å². The molecule has 4 rings (SSSR count). The van der Waals surface area contributed by atoms with E-state index in [9.17, 15) is 9.59 Å². The SMILES string of the molecule is COc1cc(Oc2cc(Cc3ccc(C(N)=O)cc3)ccn2)cc2c1C(=O)CCO2. The monoisotopic (exact) mass is 404 g/mol. The number of aromatic nitrogens is 1. The number of pyridine rings is 1. The van der Waals surface area contributed by atoms with Crippen LogP contribution in [0.1, 0.15) is 38.3 Å². The summed E-state index contributed by atoms with van der Waals surface area (Å²) in [5.74, 6) is 1.28. The van der Waals surface area contributed by atoms with E-state index in [2.05, 4.69) is 4.98 Å². The van der Waals surface area contributed by atoms with E-state index in [1.165, 1.54) is 7.11 Å². The lowest BCUT2D eigenvalue weighted by Gasteiger charge is -2.19. The Hall–Kier alpha value is -3.87. The molecule has 0 unspecified atom stereocenters. The molecule has 0 bridgehead atoms. The van der Waals surface area contributed by atoms with Crippen LogP contribution in [-0.2, 0) is 6.42 Å². The first kappa shape index (κ1) is 19.4. The highest BCUT2D eigenvalue weighted by atomic mass is 16.5. The van der Waals surface area contributed by atoms with Crippen molar-refractivity contribution >= 4 is 11.7 Å². The largest absolute Gasteiger partial charge is 0.496 e. The molecule has 2 heterocycles. The molecule has 1 aliphatic heterocycles. The van der Waals surface area contributed by atoms with Crippen LogP contribution in [0.4, 0.5) is 0 Å². The molecule has 7 nitrogen and oxygen atoms in total. The Labute approximate surface area is 173 Å². The first-order chi connectivity index (χ1) is 14.5. The lowest BCUT2D eigenvalue weighted by atomic mass is 10.0. The molecule has 2 aromatic carbocycles. The van der Waals surface area contributed by atoms with Gasteiger partial charge < -0.3 is 19.9 Å². The molecule has 0 saturated carbocycles. The maximum atomic E-state index is 12.2. The minimum absolute atomic E-state index is 0.0119. The number of rotatable bonds is 6. The number of nitrogens with zero attached hydrogens (tertiary/aromatic N) is 1. The van der Waals surface area contributed by atoms with E-state index in [1.54, 1.807) is 30.5 Å². The predicted octanol–water partition coefficient (Wildman–Crippen LogP) is 3.54. The summed E-state index contributed by atoms with van der Waals surface area (Å²) in [6.07, 6.45) is 2.63. The molecule has 7 heteroatoms. The normalized spacial score (nSPS) is 12.6. The average molecular weight is 404 g/mol. The zero-order valence-corrected chi connectivity index (χ0v) is 16.4. The molecule has 0 radical (unpaired) electrons. The van der Waals surface area contributed by atoms with Crippen molar-refractivity contribution in [3.05, 3.63) is 77.0 Å². The number of nitrogens with two attached hydrogens (primary N) is 1. The first-order valence-electron chi connectivity index (χ1n) is 9.43. The van der Waals surface area contributed by atoms with E-state index in [-0.39, 0.29) is 5.78 Å². The highest BCUT2D eigenvalue weighted by Gasteiger charge is 2.24. The summed E-state index contributed by atoms with van der Waals surface area (Å²) in [5, 5.41) is 0. The van der Waals surface area contributed by atoms with Gasteiger partial charge in [-0.2, -0.15) is 0 Å². The molecule has 1 aromatic heterocycles. The third-order valence-corrected chi connectivity index (χ3v) is 4.79. The van der Waals surface area contributed by atoms with Gasteiger partial charge in [-0.1, -0.05) is 12.1 Å². The van der Waals surface area contributed by atoms with Crippen molar-refractivity contribution in [3.63, 3.8) is 0 Å². The Morgan fingerprint density at radius 1 is 1.13 bits per heavy atom. The fourth-order valence-corrected chi connectivity index (χ4v) is 3.31. The van der Waals surface area contributed by atoms with Crippen LogP contribution in [0.3, 0.4) is 0 Å². The predicted molar refractivity (Wildman–Crippen MR) is 110 cm³/mol. The van der Waals surface area contributed by atoms with Crippen LogP contribution < -0.4 is 19.9 Å². The van der Waals surface area contributed by atoms with Crippen molar-refractivity contribution in [2.75, 3.05) is 13.7 Å². The Morgan fingerprint density at radius 3 is 2.67 bits per heavy atom. The molecule has 0 saturated heterocycles. The minimum Gasteiger partial charge on any atom is -0.496 e. The molecule has 0 spiro atoms. The van der Waals surface area contributed by atoms with Crippen molar-refractivity contribution in [3.8, 4) is 23.1 Å². The number of primary amides is 1. The molecule has 2 N–H and O–H groups in total. The van der Waals surface area contributed by atoms with E-state index in [1.807, 2.05) is 24.3 Å². The maximum Gasteiger partial charge on any atom is 0.248 e. The van der Waals surface area contributed by atoms with Crippen LogP contribution in [0.2, 0.25) is 0 Å². The van der Waals surface area contributed by atoms with Crippen molar-refractivity contribution in [1.29, 1.82) is 0 Å². The highest BCUT2D eigenvalue weighted by molar-refractivity contribution is 6.02. The molecule has 152 valence electrons. The van der Waals surface area contributed by atoms with E-state index < -0.39 is 5.91 Å². The van der Waals surface area contributed by atoms with Gasteiger partial charge in [-0.25, -0.2) is 4.98 Å². The Kier molecular flexibility index (Phi) is 5.34. The molecule has 1 amide bonds. The number of benzene rings is 2. The van der Waals surface area contributed by atoms with Crippen molar-refractivity contribution in [2.45, 2.75) is 12.8 Å². The number of Topliss-reactive ketones (excluding diaryl/α,β-unsaturated/α-hetero) is 1. The third-order valence-electron chi connectivity index (χ3n) is 4.79. The number of hydrogen-bond acceptors (Lipinski definition) is 6. The molecule has 0 aliphatic carbocycles. The zero-order chi connectivity index (χ0) is 21.1. The highest BCUT2D eigenvalue weighted by Crippen LogP contribution is 2.38. The summed E-state index contributed by atoms with van der Waals surface area (Å²) in [4.78, 5) is 27.6. The second kappa shape index (κ2) is 8.24. The second-order valence-electron chi connectivity index (χ2n) is 6.86. The van der Waals surface area contributed by atoms with E-state index in [4.69, 9.17) is 19.9 Å². The van der Waals surface area contributed by atoms with Gasteiger partial charge in [0.25, 0.3) is 0 Å². The quantitative estimate of drug-likeness (QED) is 0.674. The topological polar surface area (TPSA) is 101 Å². The standard InChI is InChI=1S/C23H20N2O5/c1-28-19-12-17(13-20-22(19)18(26)7-9-29-20)30-21-11-15(6-8-25-21)10-14-2-4-16(5-3-14)23(24)27/h2-6,8,11-13H,7,9-10H2,1H3,(H2,24,27). The van der Waals surface area contributed by atoms with Gasteiger partial charge in [0.1, 0.15) is 22.8 Å². The lowest BCUT2D eigenvalue weighted by Crippen LogP contribution is -2.16. The summed E-state index contributed by atoms with van der Waals surface area (Å²) < 4.78 is 16.9. The molecular formula is C23H20N2O5. The fraction of sp³-hybridized carbons (Fsp3) is 0.174. The molecule has 1 aliphatic rings. The van der Waals surface area contributed by atoms with Gasteiger partial charge in [-0.3, -0.25) is 9.59 Å². The van der Waals surface area contributed by atoms with Crippen LogP contribution in [0.15, 0.2) is 54.7 Å². The van der Waals surface area contributed by atoms with Crippen molar-refractivity contribution in [2.24, 2.45) is 5.73 Å². The van der Waals surface area contributed by atoms with Gasteiger partial charge in [-0.15, -0.1) is 0 Å². The Balaban J connectivity index is 1.55. The molecule has 3 aromatic rings. The molecule has 0 fully saturated rings. The molecule has 30 heavy (non-hydrogen) atoms. The van der Waals surface area contributed by atoms with E-state index >= 15 is 0 Å². The minimum atomic E-state index is -0.452. The fourth-order valence-electron chi connectivity index (χ4n) is 3.31. The maximum absolute atomic E-state index is 12.2. The number of hydrogen-bond donors (Lipinski definition) is 1. The van der Waals surface area contributed by atoms with Crippen LogP contribution in [-0.4, -0.2) is 30.4 Å². The Morgan fingerprint density at radius 2 is 1.93 bits per heavy atom. The second-order valence-corrected chi connectivity index (χ2v) is 6.86. The summed E-state index contributed by atoms with van der Waals surface area (Å²) in [6, 6.07) is 14.2. The van der Waals surface area contributed by atoms with E-state index in [0.717, 1.165) is 11.1 Å². The summed E-state index contributed by atoms with van der Waals surface area (Å²) in [7, 11) is 1.50. The van der Waals surface area contributed by atoms with Crippen molar-refractivity contribution < 1.29 is 23.8 Å². The number of carbonyl (C=O) groups is 2. The van der Waals surface area contributed by atoms with Crippen LogP contribution in [0, 0.1) is 0 Å². The van der Waals surface area contributed by atoms with Gasteiger partial charge in [0.15, 0.2) is 5.78 Å². The number of ketones is 1. The van der Waals surface area contributed by atoms with E-state index in [0.29, 0.717) is 53.7 Å². The van der Waals surface area contributed by atoms with Crippen LogP contribution in [0.5, 0.6) is 23.1 Å². The van der Waals surface area contributed by atoms with Crippen molar-refractivity contribution in [1.82, 2.24) is 4.98 Å². The summed E-state index contributed by atoms with van der Waals surface area (Å²) in [6.45, 7) is 0.334. The number of methoxy groups -OCH3 is 1. The van der Waals surface area contributed by atoms with Gasteiger partial charge in [-0.05, 0) is 35.7 Å². The smallest absolute Gasteiger partial charge is 0.248 e.